The molecule has 0 saturated carbocycles. The lowest BCUT2D eigenvalue weighted by atomic mass is 9.88. The maximum atomic E-state index is 5.70. The number of nitrogens with two attached hydrogens (primary N) is 1. The van der Waals surface area contributed by atoms with Gasteiger partial charge in [0.25, 0.3) is 0 Å². The maximum absolute atomic E-state index is 5.70. The second kappa shape index (κ2) is 6.73. The molecular weight excluding hydrogens is 228 g/mol. The van der Waals surface area contributed by atoms with E-state index in [4.69, 9.17) is 15.3 Å². The molecule has 0 amide bonds. The minimum atomic E-state index is 0.306. The average Bonchev–Trinajstić information content (AvgIpc) is 2.46. The van der Waals surface area contributed by atoms with Gasteiger partial charge < -0.3 is 9.47 Å². The first-order valence-electron chi connectivity index (χ1n) is 6.50. The summed E-state index contributed by atoms with van der Waals surface area (Å²) in [7, 11) is 1.69. The topological polar surface area (TPSA) is 56.5 Å². The molecule has 1 atom stereocenters. The van der Waals surface area contributed by atoms with Crippen molar-refractivity contribution in [3.63, 3.8) is 0 Å². The van der Waals surface area contributed by atoms with Gasteiger partial charge in [0.1, 0.15) is 5.75 Å². The fraction of sp³-hybridized carbons (Fsp3) is 0.571. The second-order valence-electron chi connectivity index (χ2n) is 4.78. The van der Waals surface area contributed by atoms with Crippen LogP contribution in [0.1, 0.15) is 18.4 Å². The van der Waals surface area contributed by atoms with Crippen LogP contribution in [0.25, 0.3) is 0 Å². The standard InChI is InChI=1S/C14H22N2O2/c1-17-13-4-2-3-11(9-13)10-14(16-15)12-5-7-18-8-6-12/h2-4,9,12,14,16H,5-8,10,15H2,1H3. The number of hydrazine groups is 1. The van der Waals surface area contributed by atoms with E-state index in [9.17, 15) is 0 Å². The molecule has 1 aromatic carbocycles. The third kappa shape index (κ3) is 3.45. The first-order chi connectivity index (χ1) is 8.83. The summed E-state index contributed by atoms with van der Waals surface area (Å²) in [6.45, 7) is 1.70. The number of rotatable bonds is 5. The Hall–Kier alpha value is -1.10. The van der Waals surface area contributed by atoms with Crippen molar-refractivity contribution in [2.45, 2.75) is 25.3 Å². The average molecular weight is 250 g/mol. The van der Waals surface area contributed by atoms with Crippen molar-refractivity contribution in [2.24, 2.45) is 11.8 Å². The SMILES string of the molecule is COc1cccc(CC(NN)C2CCOCC2)c1. The predicted molar refractivity (Wildman–Crippen MR) is 71.4 cm³/mol. The Labute approximate surface area is 108 Å². The normalized spacial score (nSPS) is 18.6. The second-order valence-corrected chi connectivity index (χ2v) is 4.78. The molecule has 3 N–H and O–H groups in total. The third-order valence-electron chi connectivity index (χ3n) is 3.64. The number of nitrogens with one attached hydrogen (secondary N) is 1. The van der Waals surface area contributed by atoms with Gasteiger partial charge in [-0.2, -0.15) is 0 Å². The summed E-state index contributed by atoms with van der Waals surface area (Å²) < 4.78 is 10.6. The van der Waals surface area contributed by atoms with Crippen molar-refractivity contribution in [2.75, 3.05) is 20.3 Å². The molecule has 18 heavy (non-hydrogen) atoms. The van der Waals surface area contributed by atoms with E-state index in [0.717, 1.165) is 38.2 Å². The summed E-state index contributed by atoms with van der Waals surface area (Å²) >= 11 is 0. The highest BCUT2D eigenvalue weighted by molar-refractivity contribution is 5.29. The van der Waals surface area contributed by atoms with Crippen LogP contribution in [0.2, 0.25) is 0 Å². The summed E-state index contributed by atoms with van der Waals surface area (Å²) in [4.78, 5) is 0. The van der Waals surface area contributed by atoms with Crippen molar-refractivity contribution in [1.29, 1.82) is 0 Å². The quantitative estimate of drug-likeness (QED) is 0.614. The molecule has 4 heteroatoms. The molecule has 100 valence electrons. The molecule has 0 spiro atoms. The van der Waals surface area contributed by atoms with E-state index in [0.29, 0.717) is 12.0 Å². The Morgan fingerprint density at radius 3 is 2.89 bits per heavy atom. The lowest BCUT2D eigenvalue weighted by Gasteiger charge is -2.30. The summed E-state index contributed by atoms with van der Waals surface area (Å²) in [6.07, 6.45) is 3.09. The van der Waals surface area contributed by atoms with E-state index < -0.39 is 0 Å². The number of methoxy groups -OCH3 is 1. The Morgan fingerprint density at radius 2 is 2.22 bits per heavy atom. The van der Waals surface area contributed by atoms with Crippen LogP contribution in [0, 0.1) is 5.92 Å². The minimum absolute atomic E-state index is 0.306. The van der Waals surface area contributed by atoms with E-state index >= 15 is 0 Å². The van der Waals surface area contributed by atoms with Gasteiger partial charge in [-0.3, -0.25) is 11.3 Å². The number of hydrogen-bond acceptors (Lipinski definition) is 4. The van der Waals surface area contributed by atoms with E-state index in [1.54, 1.807) is 7.11 Å². The molecule has 0 aromatic heterocycles. The Morgan fingerprint density at radius 1 is 1.44 bits per heavy atom. The van der Waals surface area contributed by atoms with Crippen molar-refractivity contribution in [3.8, 4) is 5.75 Å². The first kappa shape index (κ1) is 13.3. The molecular formula is C14H22N2O2. The summed E-state index contributed by atoms with van der Waals surface area (Å²) in [5.41, 5.74) is 4.21. The van der Waals surface area contributed by atoms with Crippen LogP contribution in [0.4, 0.5) is 0 Å². The van der Waals surface area contributed by atoms with E-state index in [1.165, 1.54) is 5.56 Å². The van der Waals surface area contributed by atoms with Crippen LogP contribution in [-0.2, 0) is 11.2 Å². The Bertz CT molecular complexity index is 365. The predicted octanol–water partition coefficient (Wildman–Crippen LogP) is 1.50. The zero-order valence-electron chi connectivity index (χ0n) is 10.9. The number of benzene rings is 1. The molecule has 1 unspecified atom stereocenters. The molecule has 1 fully saturated rings. The molecule has 1 heterocycles. The largest absolute Gasteiger partial charge is 0.497 e. The zero-order valence-corrected chi connectivity index (χ0v) is 10.9. The van der Waals surface area contributed by atoms with Crippen molar-refractivity contribution >= 4 is 0 Å². The zero-order chi connectivity index (χ0) is 12.8. The van der Waals surface area contributed by atoms with Gasteiger partial charge in [-0.15, -0.1) is 0 Å². The minimum Gasteiger partial charge on any atom is -0.497 e. The molecule has 1 saturated heterocycles. The van der Waals surface area contributed by atoms with Gasteiger partial charge >= 0.3 is 0 Å². The van der Waals surface area contributed by atoms with E-state index in [2.05, 4.69) is 17.6 Å². The highest BCUT2D eigenvalue weighted by Crippen LogP contribution is 2.22. The van der Waals surface area contributed by atoms with Gasteiger partial charge in [-0.05, 0) is 42.9 Å². The van der Waals surface area contributed by atoms with Crippen LogP contribution in [0.5, 0.6) is 5.75 Å². The van der Waals surface area contributed by atoms with E-state index in [1.807, 2.05) is 12.1 Å². The smallest absolute Gasteiger partial charge is 0.119 e. The highest BCUT2D eigenvalue weighted by Gasteiger charge is 2.23. The van der Waals surface area contributed by atoms with Gasteiger partial charge in [0.2, 0.25) is 0 Å². The van der Waals surface area contributed by atoms with Gasteiger partial charge in [0, 0.05) is 19.3 Å². The molecule has 1 aliphatic rings. The van der Waals surface area contributed by atoms with E-state index in [-0.39, 0.29) is 0 Å². The fourth-order valence-electron chi connectivity index (χ4n) is 2.53. The van der Waals surface area contributed by atoms with Gasteiger partial charge in [0.05, 0.1) is 7.11 Å². The van der Waals surface area contributed by atoms with Crippen LogP contribution in [0.3, 0.4) is 0 Å². The summed E-state index contributed by atoms with van der Waals surface area (Å²) in [5, 5.41) is 0. The lowest BCUT2D eigenvalue weighted by molar-refractivity contribution is 0.0538. The molecule has 1 aromatic rings. The van der Waals surface area contributed by atoms with Crippen LogP contribution in [0.15, 0.2) is 24.3 Å². The maximum Gasteiger partial charge on any atom is 0.119 e. The summed E-state index contributed by atoms with van der Waals surface area (Å²) in [6, 6.07) is 8.48. The molecule has 1 aliphatic heterocycles. The summed E-state index contributed by atoms with van der Waals surface area (Å²) in [5.74, 6) is 7.19. The fourth-order valence-corrected chi connectivity index (χ4v) is 2.53. The molecule has 0 aliphatic carbocycles. The molecule has 0 radical (unpaired) electrons. The molecule has 4 nitrogen and oxygen atoms in total. The van der Waals surface area contributed by atoms with Crippen molar-refractivity contribution < 1.29 is 9.47 Å². The molecule has 2 rings (SSSR count). The first-order valence-corrected chi connectivity index (χ1v) is 6.50. The van der Waals surface area contributed by atoms with Gasteiger partial charge in [-0.1, -0.05) is 12.1 Å². The lowest BCUT2D eigenvalue weighted by Crippen LogP contribution is -2.44. The molecule has 0 bridgehead atoms. The van der Waals surface area contributed by atoms with Crippen LogP contribution >= 0.6 is 0 Å². The van der Waals surface area contributed by atoms with Crippen molar-refractivity contribution in [3.05, 3.63) is 29.8 Å². The monoisotopic (exact) mass is 250 g/mol. The Kier molecular flexibility index (Phi) is 4.99. The van der Waals surface area contributed by atoms with Crippen molar-refractivity contribution in [1.82, 2.24) is 5.43 Å². The third-order valence-corrected chi connectivity index (χ3v) is 3.64. The highest BCUT2D eigenvalue weighted by atomic mass is 16.5. The Balaban J connectivity index is 1.99. The number of hydrogen-bond donors (Lipinski definition) is 2. The van der Waals surface area contributed by atoms with Crippen LogP contribution < -0.4 is 16.0 Å². The van der Waals surface area contributed by atoms with Crippen LogP contribution in [-0.4, -0.2) is 26.4 Å². The van der Waals surface area contributed by atoms with Gasteiger partial charge in [0.15, 0.2) is 0 Å². The van der Waals surface area contributed by atoms with Gasteiger partial charge in [-0.25, -0.2) is 0 Å². The number of ether oxygens (including phenoxy) is 2.